The van der Waals surface area contributed by atoms with Gasteiger partial charge in [0.05, 0.1) is 12.5 Å². The van der Waals surface area contributed by atoms with Crippen molar-refractivity contribution in [2.75, 3.05) is 13.2 Å². The fourth-order valence-corrected chi connectivity index (χ4v) is 2.13. The summed E-state index contributed by atoms with van der Waals surface area (Å²) in [7, 11) is 0. The molecule has 2 aromatic carbocycles. The molecule has 0 aliphatic rings. The maximum atomic E-state index is 13.5. The topological polar surface area (TPSA) is 82.3 Å². The molecule has 0 saturated heterocycles. The van der Waals surface area contributed by atoms with Crippen LogP contribution >= 0.6 is 0 Å². The van der Waals surface area contributed by atoms with Crippen molar-refractivity contribution in [1.29, 1.82) is 5.26 Å². The van der Waals surface area contributed by atoms with Crippen LogP contribution in [0.4, 0.5) is 4.39 Å². The number of rotatable bonds is 7. The van der Waals surface area contributed by atoms with Gasteiger partial charge in [-0.15, -0.1) is 0 Å². The highest BCUT2D eigenvalue weighted by Crippen LogP contribution is 2.16. The third-order valence-corrected chi connectivity index (χ3v) is 3.35. The number of nitriles is 1. The van der Waals surface area contributed by atoms with Crippen LogP contribution in [0.25, 0.3) is 0 Å². The Hall–Kier alpha value is -2.91. The van der Waals surface area contributed by atoms with Crippen LogP contribution in [0.3, 0.4) is 0 Å². The van der Waals surface area contributed by atoms with Gasteiger partial charge in [0.25, 0.3) is 0 Å². The van der Waals surface area contributed by atoms with Crippen molar-refractivity contribution in [3.63, 3.8) is 0 Å². The summed E-state index contributed by atoms with van der Waals surface area (Å²) < 4.78 is 18.7. The number of aliphatic hydroxyl groups excluding tert-OH is 1. The molecule has 2 rings (SSSR count). The van der Waals surface area contributed by atoms with Gasteiger partial charge in [0, 0.05) is 12.1 Å². The summed E-state index contributed by atoms with van der Waals surface area (Å²) in [5.74, 6) is -0.237. The number of nitrogens with one attached hydrogen (secondary N) is 1. The fraction of sp³-hybridized carbons (Fsp3) is 0.222. The molecule has 2 aromatic rings. The van der Waals surface area contributed by atoms with Crippen molar-refractivity contribution < 1.29 is 19.0 Å². The van der Waals surface area contributed by atoms with E-state index in [-0.39, 0.29) is 31.0 Å². The SMILES string of the molecule is N#CCOc1ccc(CC(=O)NCC(O)c2ccccc2F)cc1. The molecule has 1 amide bonds. The van der Waals surface area contributed by atoms with Gasteiger partial charge in [-0.25, -0.2) is 4.39 Å². The molecule has 24 heavy (non-hydrogen) atoms. The third-order valence-electron chi connectivity index (χ3n) is 3.35. The molecule has 0 bridgehead atoms. The molecular weight excluding hydrogens is 311 g/mol. The average molecular weight is 328 g/mol. The number of hydrogen-bond acceptors (Lipinski definition) is 4. The molecule has 0 fully saturated rings. The maximum Gasteiger partial charge on any atom is 0.224 e. The summed E-state index contributed by atoms with van der Waals surface area (Å²) in [6.07, 6.45) is -0.973. The van der Waals surface area contributed by atoms with Gasteiger partial charge in [-0.05, 0) is 23.8 Å². The average Bonchev–Trinajstić information content (AvgIpc) is 2.59. The zero-order chi connectivity index (χ0) is 17.4. The van der Waals surface area contributed by atoms with Crippen molar-refractivity contribution in [2.24, 2.45) is 0 Å². The van der Waals surface area contributed by atoms with Gasteiger partial charge in [0.2, 0.25) is 5.91 Å². The summed E-state index contributed by atoms with van der Waals surface area (Å²) in [5, 5.41) is 20.9. The second kappa shape index (κ2) is 8.65. The van der Waals surface area contributed by atoms with E-state index < -0.39 is 11.9 Å². The Morgan fingerprint density at radius 3 is 2.62 bits per heavy atom. The zero-order valence-electron chi connectivity index (χ0n) is 12.9. The molecule has 0 aliphatic carbocycles. The van der Waals surface area contributed by atoms with E-state index in [1.807, 2.05) is 6.07 Å². The maximum absolute atomic E-state index is 13.5. The van der Waals surface area contributed by atoms with Gasteiger partial charge >= 0.3 is 0 Å². The normalized spacial score (nSPS) is 11.4. The van der Waals surface area contributed by atoms with Crippen molar-refractivity contribution >= 4 is 5.91 Å². The van der Waals surface area contributed by atoms with Gasteiger partial charge in [-0.2, -0.15) is 5.26 Å². The first kappa shape index (κ1) is 17.4. The highest BCUT2D eigenvalue weighted by Gasteiger charge is 2.13. The van der Waals surface area contributed by atoms with Crippen LogP contribution in [-0.4, -0.2) is 24.2 Å². The van der Waals surface area contributed by atoms with Gasteiger partial charge in [0.15, 0.2) is 6.61 Å². The molecule has 1 atom stereocenters. The van der Waals surface area contributed by atoms with Gasteiger partial charge in [0.1, 0.15) is 17.6 Å². The molecule has 2 N–H and O–H groups in total. The zero-order valence-corrected chi connectivity index (χ0v) is 12.9. The third kappa shape index (κ3) is 5.07. The first-order valence-electron chi connectivity index (χ1n) is 7.38. The predicted molar refractivity (Wildman–Crippen MR) is 85.6 cm³/mol. The Labute approximate surface area is 139 Å². The summed E-state index contributed by atoms with van der Waals surface area (Å²) in [4.78, 5) is 11.9. The van der Waals surface area contributed by atoms with Crippen LogP contribution < -0.4 is 10.1 Å². The van der Waals surface area contributed by atoms with Crippen LogP contribution in [0.1, 0.15) is 17.2 Å². The number of carbonyl (C=O) groups is 1. The van der Waals surface area contributed by atoms with Gasteiger partial charge < -0.3 is 15.2 Å². The van der Waals surface area contributed by atoms with Crippen LogP contribution in [0.15, 0.2) is 48.5 Å². The Kier molecular flexibility index (Phi) is 6.29. The second-order valence-electron chi connectivity index (χ2n) is 5.11. The Bertz CT molecular complexity index is 726. The molecule has 6 heteroatoms. The summed E-state index contributed by atoms with van der Waals surface area (Å²) in [6.45, 7) is -0.100. The predicted octanol–water partition coefficient (Wildman–Crippen LogP) is 2.12. The fourth-order valence-electron chi connectivity index (χ4n) is 2.13. The highest BCUT2D eigenvalue weighted by atomic mass is 19.1. The molecule has 0 saturated carbocycles. The van der Waals surface area contributed by atoms with Crippen LogP contribution in [0, 0.1) is 17.1 Å². The summed E-state index contributed by atoms with van der Waals surface area (Å²) in [5.41, 5.74) is 0.911. The molecule has 124 valence electrons. The molecule has 0 spiro atoms. The minimum atomic E-state index is -1.10. The van der Waals surface area contributed by atoms with E-state index in [1.165, 1.54) is 18.2 Å². The lowest BCUT2D eigenvalue weighted by Crippen LogP contribution is -2.29. The lowest BCUT2D eigenvalue weighted by Gasteiger charge is -2.13. The molecular formula is C18H17FN2O3. The Morgan fingerprint density at radius 1 is 1.25 bits per heavy atom. The van der Waals surface area contributed by atoms with Gasteiger partial charge in [-0.1, -0.05) is 30.3 Å². The summed E-state index contributed by atoms with van der Waals surface area (Å²) in [6, 6.07) is 14.6. The molecule has 5 nitrogen and oxygen atoms in total. The van der Waals surface area contributed by atoms with E-state index in [1.54, 1.807) is 30.3 Å². The first-order valence-corrected chi connectivity index (χ1v) is 7.38. The number of aliphatic hydroxyl groups is 1. The van der Waals surface area contributed by atoms with E-state index >= 15 is 0 Å². The Balaban J connectivity index is 1.83. The molecule has 0 heterocycles. The van der Waals surface area contributed by atoms with Crippen molar-refractivity contribution in [1.82, 2.24) is 5.32 Å². The number of carbonyl (C=O) groups excluding carboxylic acids is 1. The quantitative estimate of drug-likeness (QED) is 0.815. The first-order chi connectivity index (χ1) is 11.6. The van der Waals surface area contributed by atoms with E-state index in [0.29, 0.717) is 5.75 Å². The lowest BCUT2D eigenvalue weighted by atomic mass is 10.1. The van der Waals surface area contributed by atoms with Crippen LogP contribution in [-0.2, 0) is 11.2 Å². The number of halogens is 1. The Morgan fingerprint density at radius 2 is 1.96 bits per heavy atom. The monoisotopic (exact) mass is 328 g/mol. The largest absolute Gasteiger partial charge is 0.479 e. The molecule has 0 aromatic heterocycles. The van der Waals surface area contributed by atoms with Crippen molar-refractivity contribution in [3.8, 4) is 11.8 Å². The van der Waals surface area contributed by atoms with Crippen molar-refractivity contribution in [2.45, 2.75) is 12.5 Å². The molecule has 0 aliphatic heterocycles. The standard InChI is InChI=1S/C18H17FN2O3/c19-16-4-2-1-3-15(16)17(22)12-21-18(23)11-13-5-7-14(8-6-13)24-10-9-20/h1-8,17,22H,10-12H2,(H,21,23). The number of benzene rings is 2. The minimum absolute atomic E-state index is 0.0340. The molecule has 1 unspecified atom stereocenters. The van der Waals surface area contributed by atoms with E-state index in [4.69, 9.17) is 10.00 Å². The smallest absolute Gasteiger partial charge is 0.224 e. The van der Waals surface area contributed by atoms with E-state index in [9.17, 15) is 14.3 Å². The van der Waals surface area contributed by atoms with Crippen LogP contribution in [0.2, 0.25) is 0 Å². The van der Waals surface area contributed by atoms with E-state index in [0.717, 1.165) is 5.56 Å². The number of nitrogens with zero attached hydrogens (tertiary/aromatic N) is 1. The van der Waals surface area contributed by atoms with Crippen LogP contribution in [0.5, 0.6) is 5.75 Å². The number of amides is 1. The highest BCUT2D eigenvalue weighted by molar-refractivity contribution is 5.78. The minimum Gasteiger partial charge on any atom is -0.479 e. The molecule has 0 radical (unpaired) electrons. The van der Waals surface area contributed by atoms with E-state index in [2.05, 4.69) is 5.32 Å². The van der Waals surface area contributed by atoms with Crippen molar-refractivity contribution in [3.05, 3.63) is 65.5 Å². The second-order valence-corrected chi connectivity index (χ2v) is 5.11. The van der Waals surface area contributed by atoms with Gasteiger partial charge in [-0.3, -0.25) is 4.79 Å². The number of ether oxygens (including phenoxy) is 1. The lowest BCUT2D eigenvalue weighted by molar-refractivity contribution is -0.120. The summed E-state index contributed by atoms with van der Waals surface area (Å²) >= 11 is 0. The number of hydrogen-bond donors (Lipinski definition) is 2.